The average Bonchev–Trinajstić information content (AvgIpc) is 2.69. The molecule has 0 unspecified atom stereocenters. The predicted octanol–water partition coefficient (Wildman–Crippen LogP) is 6.44. The van der Waals surface area contributed by atoms with Crippen LogP contribution in [0.5, 0.6) is 0 Å². The summed E-state index contributed by atoms with van der Waals surface area (Å²) >= 11 is 23.4. The van der Waals surface area contributed by atoms with Gasteiger partial charge in [0.25, 0.3) is 0 Å². The zero-order valence-electron chi connectivity index (χ0n) is 16.7. The Morgan fingerprint density at radius 3 is 1.19 bits per heavy atom. The van der Waals surface area contributed by atoms with Crippen molar-refractivity contribution < 1.29 is 0 Å². The molecule has 0 spiro atoms. The number of rotatable bonds is 5. The van der Waals surface area contributed by atoms with Gasteiger partial charge in [0.1, 0.15) is 0 Å². The first-order valence-corrected chi connectivity index (χ1v) is 10.7. The summed E-state index contributed by atoms with van der Waals surface area (Å²) in [4.78, 5) is 23.6. The van der Waals surface area contributed by atoms with E-state index < -0.39 is 0 Å². The molecule has 162 valence electrons. The summed E-state index contributed by atoms with van der Waals surface area (Å²) in [6.45, 7) is 3.96. The van der Waals surface area contributed by atoms with Gasteiger partial charge in [0.15, 0.2) is 0 Å². The third-order valence-electron chi connectivity index (χ3n) is 4.44. The number of nitrogens with zero attached hydrogens (tertiary/aromatic N) is 6. The molecule has 0 bridgehead atoms. The average molecular weight is 508 g/mol. The van der Waals surface area contributed by atoms with Crippen LogP contribution in [0.3, 0.4) is 0 Å². The normalized spacial score (nSPS) is 10.8. The molecule has 2 N–H and O–H groups in total. The van der Waals surface area contributed by atoms with Gasteiger partial charge in [-0.3, -0.25) is 0 Å². The number of nitrogens with one attached hydrogen (secondary N) is 2. The van der Waals surface area contributed by atoms with Crippen molar-refractivity contribution in [2.24, 2.45) is 0 Å². The lowest BCUT2D eigenvalue weighted by atomic mass is 10.00. The summed E-state index contributed by atoms with van der Waals surface area (Å²) in [5.74, 6) is 0.548. The Morgan fingerprint density at radius 1 is 0.531 bits per heavy atom. The molecule has 12 heteroatoms. The number of aryl methyl sites for hydroxylation is 2. The van der Waals surface area contributed by atoms with E-state index in [1.807, 2.05) is 38.1 Å². The van der Waals surface area contributed by atoms with E-state index >= 15 is 0 Å². The first-order chi connectivity index (χ1) is 15.3. The summed E-state index contributed by atoms with van der Waals surface area (Å²) < 4.78 is 0. The molecule has 4 rings (SSSR count). The second-order valence-corrected chi connectivity index (χ2v) is 8.06. The fraction of sp³-hybridized carbons (Fsp3) is 0.100. The van der Waals surface area contributed by atoms with Crippen LogP contribution in [0.2, 0.25) is 21.1 Å². The van der Waals surface area contributed by atoms with Gasteiger partial charge in [-0.1, -0.05) is 12.1 Å². The molecular formula is C20H14Cl4N8. The van der Waals surface area contributed by atoms with Crippen molar-refractivity contribution >= 4 is 69.7 Å². The molecule has 0 aliphatic rings. The van der Waals surface area contributed by atoms with Crippen molar-refractivity contribution in [1.82, 2.24) is 29.9 Å². The van der Waals surface area contributed by atoms with Crippen LogP contribution in [-0.4, -0.2) is 29.9 Å². The van der Waals surface area contributed by atoms with Crippen molar-refractivity contribution in [2.75, 3.05) is 10.6 Å². The lowest BCUT2D eigenvalue weighted by molar-refractivity contribution is 1.05. The van der Waals surface area contributed by atoms with E-state index in [0.717, 1.165) is 33.6 Å². The number of benzene rings is 2. The monoisotopic (exact) mass is 506 g/mol. The van der Waals surface area contributed by atoms with Crippen LogP contribution in [-0.2, 0) is 0 Å². The minimum Gasteiger partial charge on any atom is -0.324 e. The number of hydrogen-bond donors (Lipinski definition) is 2. The summed E-state index contributed by atoms with van der Waals surface area (Å²) in [6.07, 6.45) is 0. The zero-order valence-corrected chi connectivity index (χ0v) is 19.7. The molecule has 4 aromatic rings. The molecule has 2 heterocycles. The summed E-state index contributed by atoms with van der Waals surface area (Å²) in [5, 5.41) is 6.30. The van der Waals surface area contributed by atoms with Crippen molar-refractivity contribution in [2.45, 2.75) is 13.8 Å². The smallest absolute Gasteiger partial charge is 0.232 e. The standard InChI is InChI=1S/C20H14Cl4N8/c1-9-7-11(3-5-13(9)25-19-29-15(21)27-16(22)30-19)12-4-6-14(10(2)8-12)26-20-31-17(23)28-18(24)32-20/h3-8H,1-2H3,(H,25,27,29,30)(H,26,28,31,32). The van der Waals surface area contributed by atoms with Crippen molar-refractivity contribution in [3.8, 4) is 11.1 Å². The molecule has 2 aromatic carbocycles. The van der Waals surface area contributed by atoms with E-state index in [2.05, 4.69) is 52.7 Å². The van der Waals surface area contributed by atoms with Gasteiger partial charge in [-0.15, -0.1) is 0 Å². The van der Waals surface area contributed by atoms with Gasteiger partial charge in [0.2, 0.25) is 33.0 Å². The SMILES string of the molecule is Cc1cc(-c2ccc(Nc3nc(Cl)nc(Cl)n3)c(C)c2)ccc1Nc1nc(Cl)nc(Cl)n1. The Bertz CT molecular complexity index is 1170. The van der Waals surface area contributed by atoms with Crippen LogP contribution in [0.4, 0.5) is 23.3 Å². The summed E-state index contributed by atoms with van der Waals surface area (Å²) in [7, 11) is 0. The first-order valence-electron chi connectivity index (χ1n) is 9.17. The van der Waals surface area contributed by atoms with Crippen molar-refractivity contribution in [3.05, 3.63) is 68.7 Å². The highest BCUT2D eigenvalue weighted by atomic mass is 35.5. The number of anilines is 4. The Kier molecular flexibility index (Phi) is 6.57. The Morgan fingerprint density at radius 2 is 0.875 bits per heavy atom. The fourth-order valence-electron chi connectivity index (χ4n) is 2.97. The predicted molar refractivity (Wildman–Crippen MR) is 128 cm³/mol. The van der Waals surface area contributed by atoms with Gasteiger partial charge in [-0.25, -0.2) is 0 Å². The second-order valence-electron chi connectivity index (χ2n) is 6.70. The molecule has 2 aromatic heterocycles. The molecule has 0 saturated heterocycles. The van der Waals surface area contributed by atoms with Crippen molar-refractivity contribution in [3.63, 3.8) is 0 Å². The first kappa shape index (κ1) is 22.4. The van der Waals surface area contributed by atoms with Gasteiger partial charge < -0.3 is 10.6 Å². The second kappa shape index (κ2) is 9.38. The number of hydrogen-bond acceptors (Lipinski definition) is 8. The van der Waals surface area contributed by atoms with E-state index in [9.17, 15) is 0 Å². The van der Waals surface area contributed by atoms with Crippen LogP contribution < -0.4 is 10.6 Å². The van der Waals surface area contributed by atoms with Gasteiger partial charge in [-0.05, 0) is 107 Å². The highest BCUT2D eigenvalue weighted by molar-refractivity contribution is 6.31. The van der Waals surface area contributed by atoms with E-state index in [4.69, 9.17) is 46.4 Å². The molecular weight excluding hydrogens is 494 g/mol. The van der Waals surface area contributed by atoms with E-state index in [-0.39, 0.29) is 33.0 Å². The Labute approximate surface area is 203 Å². The van der Waals surface area contributed by atoms with Crippen LogP contribution >= 0.6 is 46.4 Å². The molecule has 8 nitrogen and oxygen atoms in total. The third kappa shape index (κ3) is 5.34. The minimum atomic E-state index is 0.0210. The van der Waals surface area contributed by atoms with Crippen LogP contribution in [0, 0.1) is 13.8 Å². The molecule has 0 aliphatic carbocycles. The lowest BCUT2D eigenvalue weighted by Gasteiger charge is -2.13. The molecule has 0 fully saturated rings. The highest BCUT2D eigenvalue weighted by Crippen LogP contribution is 2.30. The summed E-state index contributed by atoms with van der Waals surface area (Å²) in [6, 6.07) is 12.0. The Balaban J connectivity index is 1.56. The van der Waals surface area contributed by atoms with Crippen LogP contribution in [0.25, 0.3) is 11.1 Å². The third-order valence-corrected chi connectivity index (χ3v) is 5.12. The fourth-order valence-corrected chi connectivity index (χ4v) is 3.70. The van der Waals surface area contributed by atoms with Gasteiger partial charge >= 0.3 is 0 Å². The maximum atomic E-state index is 5.84. The molecule has 0 saturated carbocycles. The van der Waals surface area contributed by atoms with E-state index in [0.29, 0.717) is 0 Å². The number of aromatic nitrogens is 6. The maximum Gasteiger partial charge on any atom is 0.232 e. The lowest BCUT2D eigenvalue weighted by Crippen LogP contribution is -2.01. The summed E-state index contributed by atoms with van der Waals surface area (Å²) in [5.41, 5.74) is 5.71. The minimum absolute atomic E-state index is 0.0210. The Hall–Kier alpha value is -2.78. The van der Waals surface area contributed by atoms with Crippen molar-refractivity contribution in [1.29, 1.82) is 0 Å². The van der Waals surface area contributed by atoms with Crippen LogP contribution in [0.15, 0.2) is 36.4 Å². The maximum absolute atomic E-state index is 5.84. The topological polar surface area (TPSA) is 101 Å². The molecule has 0 aliphatic heterocycles. The number of halogens is 4. The highest BCUT2D eigenvalue weighted by Gasteiger charge is 2.10. The largest absolute Gasteiger partial charge is 0.324 e. The molecule has 0 radical (unpaired) electrons. The zero-order chi connectivity index (χ0) is 22.8. The molecule has 0 atom stereocenters. The molecule has 32 heavy (non-hydrogen) atoms. The van der Waals surface area contributed by atoms with Crippen LogP contribution in [0.1, 0.15) is 11.1 Å². The quantitative estimate of drug-likeness (QED) is 0.318. The van der Waals surface area contributed by atoms with Gasteiger partial charge in [0.05, 0.1) is 0 Å². The van der Waals surface area contributed by atoms with Gasteiger partial charge in [-0.2, -0.15) is 29.9 Å². The molecule has 0 amide bonds. The van der Waals surface area contributed by atoms with E-state index in [1.165, 1.54) is 0 Å². The van der Waals surface area contributed by atoms with E-state index in [1.54, 1.807) is 0 Å². The van der Waals surface area contributed by atoms with Gasteiger partial charge in [0, 0.05) is 11.4 Å².